The number of rotatable bonds is 5. The maximum Gasteiger partial charge on any atom is 0.344 e. The highest BCUT2D eigenvalue weighted by molar-refractivity contribution is 6.05. The van der Waals surface area contributed by atoms with Crippen LogP contribution >= 0.6 is 0 Å². The third kappa shape index (κ3) is 4.64. The fourth-order valence-corrected chi connectivity index (χ4v) is 2.92. The van der Waals surface area contributed by atoms with Gasteiger partial charge in [-0.2, -0.15) is 0 Å². The van der Waals surface area contributed by atoms with Gasteiger partial charge in [0, 0.05) is 18.5 Å². The number of amides is 2. The van der Waals surface area contributed by atoms with Crippen molar-refractivity contribution in [2.24, 2.45) is 0 Å². The van der Waals surface area contributed by atoms with E-state index in [4.69, 9.17) is 9.47 Å². The fourth-order valence-electron chi connectivity index (χ4n) is 2.92. The largest absolute Gasteiger partial charge is 0.482 e. The molecular formula is C20H19FN2O5. The summed E-state index contributed by atoms with van der Waals surface area (Å²) in [5.41, 5.74) is 1.06. The molecule has 0 radical (unpaired) electrons. The highest BCUT2D eigenvalue weighted by Crippen LogP contribution is 2.31. The van der Waals surface area contributed by atoms with Crippen molar-refractivity contribution in [2.45, 2.75) is 19.4 Å². The lowest BCUT2D eigenvalue weighted by atomic mass is 10.1. The Balaban J connectivity index is 1.60. The lowest BCUT2D eigenvalue weighted by molar-refractivity contribution is -0.149. The standard InChI is InChI=1S/C20H19FN2O5/c1-13-9-18(24)22-16-7-2-3-8-17(16)23(13)19(25)11-28-20(26)12-27-15-6-4-5-14(21)10-15/h2-8,10,13H,9,11-12H2,1H3,(H,22,24)/t13-/m0/s1. The summed E-state index contributed by atoms with van der Waals surface area (Å²) in [4.78, 5) is 37.9. The summed E-state index contributed by atoms with van der Waals surface area (Å²) >= 11 is 0. The number of para-hydroxylation sites is 2. The van der Waals surface area contributed by atoms with E-state index in [1.807, 2.05) is 0 Å². The zero-order chi connectivity index (χ0) is 20.1. The molecule has 2 amide bonds. The van der Waals surface area contributed by atoms with Gasteiger partial charge in [-0.3, -0.25) is 9.59 Å². The molecule has 7 nitrogen and oxygen atoms in total. The second kappa shape index (κ2) is 8.51. The molecule has 1 heterocycles. The number of nitrogens with zero attached hydrogens (tertiary/aromatic N) is 1. The van der Waals surface area contributed by atoms with E-state index in [1.54, 1.807) is 31.2 Å². The summed E-state index contributed by atoms with van der Waals surface area (Å²) in [5, 5.41) is 2.75. The van der Waals surface area contributed by atoms with E-state index in [2.05, 4.69) is 5.32 Å². The Morgan fingerprint density at radius 3 is 2.75 bits per heavy atom. The number of carbonyl (C=O) groups excluding carboxylic acids is 3. The number of esters is 1. The van der Waals surface area contributed by atoms with Crippen molar-refractivity contribution >= 4 is 29.2 Å². The van der Waals surface area contributed by atoms with Crippen molar-refractivity contribution in [3.8, 4) is 5.75 Å². The van der Waals surface area contributed by atoms with Gasteiger partial charge in [0.15, 0.2) is 13.2 Å². The first-order valence-corrected chi connectivity index (χ1v) is 8.69. The molecule has 1 N–H and O–H groups in total. The van der Waals surface area contributed by atoms with Gasteiger partial charge in [-0.05, 0) is 31.2 Å². The molecule has 0 aliphatic carbocycles. The Kier molecular flexibility index (Phi) is 5.88. The average Bonchev–Trinajstić information content (AvgIpc) is 2.78. The summed E-state index contributed by atoms with van der Waals surface area (Å²) in [6.45, 7) is 0.787. The number of anilines is 2. The molecule has 2 aromatic rings. The van der Waals surface area contributed by atoms with E-state index in [-0.39, 0.29) is 18.1 Å². The Morgan fingerprint density at radius 1 is 1.18 bits per heavy atom. The fraction of sp³-hybridized carbons (Fsp3) is 0.250. The van der Waals surface area contributed by atoms with Gasteiger partial charge in [0.25, 0.3) is 5.91 Å². The van der Waals surface area contributed by atoms with Crippen LogP contribution in [0.3, 0.4) is 0 Å². The van der Waals surface area contributed by atoms with Gasteiger partial charge in [0.05, 0.1) is 11.4 Å². The number of fused-ring (bicyclic) bond motifs is 1. The van der Waals surface area contributed by atoms with Crippen molar-refractivity contribution in [1.82, 2.24) is 0 Å². The van der Waals surface area contributed by atoms with E-state index in [0.29, 0.717) is 11.4 Å². The monoisotopic (exact) mass is 386 g/mol. The van der Waals surface area contributed by atoms with Gasteiger partial charge in [0.1, 0.15) is 11.6 Å². The molecule has 0 bridgehead atoms. The van der Waals surface area contributed by atoms with E-state index >= 15 is 0 Å². The topological polar surface area (TPSA) is 84.9 Å². The third-order valence-corrected chi connectivity index (χ3v) is 4.14. The molecule has 28 heavy (non-hydrogen) atoms. The van der Waals surface area contributed by atoms with Crippen LogP contribution in [0.1, 0.15) is 13.3 Å². The van der Waals surface area contributed by atoms with Crippen molar-refractivity contribution < 1.29 is 28.2 Å². The number of hydrogen-bond acceptors (Lipinski definition) is 5. The predicted octanol–water partition coefficient (Wildman–Crippen LogP) is 2.51. The van der Waals surface area contributed by atoms with Gasteiger partial charge in [-0.1, -0.05) is 18.2 Å². The molecule has 2 aromatic carbocycles. The van der Waals surface area contributed by atoms with Crippen molar-refractivity contribution in [3.63, 3.8) is 0 Å². The quantitative estimate of drug-likeness (QED) is 0.798. The summed E-state index contributed by atoms with van der Waals surface area (Å²) in [7, 11) is 0. The second-order valence-corrected chi connectivity index (χ2v) is 6.29. The molecule has 3 rings (SSSR count). The molecule has 146 valence electrons. The van der Waals surface area contributed by atoms with Crippen LogP contribution in [-0.4, -0.2) is 37.0 Å². The zero-order valence-electron chi connectivity index (χ0n) is 15.2. The summed E-state index contributed by atoms with van der Waals surface area (Å²) in [6.07, 6.45) is 0.122. The van der Waals surface area contributed by atoms with Crippen LogP contribution in [0, 0.1) is 5.82 Å². The smallest absolute Gasteiger partial charge is 0.344 e. The van der Waals surface area contributed by atoms with Crippen LogP contribution in [0.15, 0.2) is 48.5 Å². The number of carbonyl (C=O) groups is 3. The number of benzene rings is 2. The highest BCUT2D eigenvalue weighted by atomic mass is 19.1. The molecule has 0 saturated carbocycles. The van der Waals surface area contributed by atoms with Crippen molar-refractivity contribution in [2.75, 3.05) is 23.4 Å². The zero-order valence-corrected chi connectivity index (χ0v) is 15.2. The van der Waals surface area contributed by atoms with Gasteiger partial charge in [-0.15, -0.1) is 0 Å². The number of nitrogens with one attached hydrogen (secondary N) is 1. The molecule has 0 fully saturated rings. The summed E-state index contributed by atoms with van der Waals surface area (Å²) in [5.74, 6) is -1.73. The molecule has 1 aliphatic heterocycles. The van der Waals surface area contributed by atoms with Crippen LogP contribution in [0.4, 0.5) is 15.8 Å². The normalized spacial score (nSPS) is 15.9. The Labute approximate surface area is 161 Å². The first kappa shape index (κ1) is 19.3. The molecule has 1 atom stereocenters. The van der Waals surface area contributed by atoms with Crippen LogP contribution in [0.5, 0.6) is 5.75 Å². The van der Waals surface area contributed by atoms with Crippen LogP contribution in [-0.2, 0) is 19.1 Å². The Morgan fingerprint density at radius 2 is 1.96 bits per heavy atom. The highest BCUT2D eigenvalue weighted by Gasteiger charge is 2.30. The lowest BCUT2D eigenvalue weighted by Crippen LogP contribution is -2.41. The van der Waals surface area contributed by atoms with Crippen molar-refractivity contribution in [1.29, 1.82) is 0 Å². The number of halogens is 1. The summed E-state index contributed by atoms with van der Waals surface area (Å²) < 4.78 is 23.2. The van der Waals surface area contributed by atoms with Crippen molar-refractivity contribution in [3.05, 3.63) is 54.3 Å². The minimum atomic E-state index is -0.762. The number of ether oxygens (including phenoxy) is 2. The second-order valence-electron chi connectivity index (χ2n) is 6.29. The van der Waals surface area contributed by atoms with E-state index in [9.17, 15) is 18.8 Å². The van der Waals surface area contributed by atoms with E-state index in [1.165, 1.54) is 23.1 Å². The van der Waals surface area contributed by atoms with E-state index in [0.717, 1.165) is 6.07 Å². The van der Waals surface area contributed by atoms with Crippen LogP contribution in [0.2, 0.25) is 0 Å². The maximum atomic E-state index is 13.1. The SMILES string of the molecule is C[C@H]1CC(=O)Nc2ccccc2N1C(=O)COC(=O)COc1cccc(F)c1. The predicted molar refractivity (Wildman–Crippen MR) is 99.5 cm³/mol. The minimum Gasteiger partial charge on any atom is -0.482 e. The van der Waals surface area contributed by atoms with Gasteiger partial charge >= 0.3 is 5.97 Å². The lowest BCUT2D eigenvalue weighted by Gasteiger charge is -2.27. The van der Waals surface area contributed by atoms with Gasteiger partial charge in [0.2, 0.25) is 5.91 Å². The van der Waals surface area contributed by atoms with Crippen LogP contribution < -0.4 is 15.0 Å². The first-order valence-electron chi connectivity index (χ1n) is 8.69. The van der Waals surface area contributed by atoms with Gasteiger partial charge in [-0.25, -0.2) is 9.18 Å². The first-order chi connectivity index (χ1) is 13.4. The molecule has 0 aromatic heterocycles. The molecule has 1 aliphatic rings. The van der Waals surface area contributed by atoms with E-state index < -0.39 is 36.9 Å². The maximum absolute atomic E-state index is 13.1. The summed E-state index contributed by atoms with van der Waals surface area (Å²) in [6, 6.07) is 11.9. The Bertz CT molecular complexity index is 902. The van der Waals surface area contributed by atoms with Crippen LogP contribution in [0.25, 0.3) is 0 Å². The third-order valence-electron chi connectivity index (χ3n) is 4.14. The number of hydrogen-bond donors (Lipinski definition) is 1. The Hall–Kier alpha value is -3.42. The average molecular weight is 386 g/mol. The molecule has 0 saturated heterocycles. The molecule has 8 heteroatoms. The minimum absolute atomic E-state index is 0.122. The molecule has 0 spiro atoms. The van der Waals surface area contributed by atoms with Gasteiger partial charge < -0.3 is 19.7 Å². The molecular weight excluding hydrogens is 367 g/mol. The molecule has 0 unspecified atom stereocenters.